The van der Waals surface area contributed by atoms with Crippen LogP contribution in [0.4, 0.5) is 4.79 Å². The van der Waals surface area contributed by atoms with E-state index in [0.717, 1.165) is 22.2 Å². The summed E-state index contributed by atoms with van der Waals surface area (Å²) in [7, 11) is 0. The monoisotopic (exact) mass is 615 g/mol. The number of nitrogens with zero attached hydrogens (tertiary/aromatic N) is 1. The minimum absolute atomic E-state index is 0.190. The maximum absolute atomic E-state index is 12.8. The lowest BCUT2D eigenvalue weighted by atomic mass is 10.1. The molecule has 2 amide bonds. The number of carbonyl (C=O) groups excluding carboxylic acids is 3. The average Bonchev–Trinajstić information content (AvgIpc) is 3.08. The molecule has 0 spiro atoms. The number of esters is 1. The van der Waals surface area contributed by atoms with Gasteiger partial charge in [-0.25, -0.2) is 0 Å². The Morgan fingerprint density at radius 1 is 1.14 bits per heavy atom. The number of rotatable bonds is 10. The van der Waals surface area contributed by atoms with Gasteiger partial charge in [0.2, 0.25) is 0 Å². The molecule has 192 valence electrons. The van der Waals surface area contributed by atoms with Crippen molar-refractivity contribution in [3.63, 3.8) is 0 Å². The van der Waals surface area contributed by atoms with Crippen LogP contribution in [0.5, 0.6) is 11.5 Å². The van der Waals surface area contributed by atoms with Gasteiger partial charge in [0.05, 0.1) is 32.1 Å². The molecule has 3 rings (SSSR count). The molecule has 0 N–H and O–H groups in total. The molecule has 0 saturated carbocycles. The highest BCUT2D eigenvalue weighted by molar-refractivity contribution is 9.10. The van der Waals surface area contributed by atoms with Gasteiger partial charge in [0.15, 0.2) is 11.5 Å². The Hall–Kier alpha value is -2.20. The Morgan fingerprint density at radius 3 is 2.56 bits per heavy atom. The highest BCUT2D eigenvalue weighted by Crippen LogP contribution is 2.40. The minimum atomic E-state index is -0.627. The number of hydrogen-bond donors (Lipinski definition) is 0. The predicted octanol–water partition coefficient (Wildman–Crippen LogP) is 7.11. The second-order valence-corrected chi connectivity index (χ2v) is 10.4. The van der Waals surface area contributed by atoms with Crippen LogP contribution in [0.1, 0.15) is 38.3 Å². The zero-order valence-electron chi connectivity index (χ0n) is 19.8. The van der Waals surface area contributed by atoms with E-state index in [1.165, 1.54) is 0 Å². The van der Waals surface area contributed by atoms with Crippen molar-refractivity contribution in [2.45, 2.75) is 39.9 Å². The first kappa shape index (κ1) is 28.4. The SMILES string of the molecule is CCOc1cc(/C=C2/SC(=O)N(CC(=O)O[C@H](C)CC)C2=O)cc(Br)c1OCc1ccc(Cl)c(Cl)c1. The highest BCUT2D eigenvalue weighted by atomic mass is 79.9. The van der Waals surface area contributed by atoms with Gasteiger partial charge >= 0.3 is 5.97 Å². The normalized spacial score (nSPS) is 15.4. The van der Waals surface area contributed by atoms with Gasteiger partial charge in [-0.1, -0.05) is 36.2 Å². The zero-order valence-corrected chi connectivity index (χ0v) is 23.7. The van der Waals surface area contributed by atoms with Crippen LogP contribution in [0.2, 0.25) is 10.0 Å². The van der Waals surface area contributed by atoms with E-state index >= 15 is 0 Å². The topological polar surface area (TPSA) is 82.1 Å². The number of imide groups is 1. The van der Waals surface area contributed by atoms with Gasteiger partial charge in [0, 0.05) is 0 Å². The first-order chi connectivity index (χ1) is 17.1. The molecule has 1 atom stereocenters. The number of ether oxygens (including phenoxy) is 3. The van der Waals surface area contributed by atoms with Gasteiger partial charge in [-0.3, -0.25) is 19.3 Å². The maximum atomic E-state index is 12.8. The molecule has 0 aromatic heterocycles. The molecular formula is C25H24BrCl2NO6S. The predicted molar refractivity (Wildman–Crippen MR) is 145 cm³/mol. The summed E-state index contributed by atoms with van der Waals surface area (Å²) in [6.07, 6.45) is 1.92. The van der Waals surface area contributed by atoms with Crippen molar-refractivity contribution in [3.05, 3.63) is 60.9 Å². The van der Waals surface area contributed by atoms with Crippen molar-refractivity contribution >= 4 is 74.1 Å². The number of amides is 2. The van der Waals surface area contributed by atoms with E-state index in [9.17, 15) is 14.4 Å². The van der Waals surface area contributed by atoms with Crippen molar-refractivity contribution in [1.82, 2.24) is 4.90 Å². The smallest absolute Gasteiger partial charge is 0.326 e. The first-order valence-corrected chi connectivity index (χ1v) is 13.5. The quantitative estimate of drug-likeness (QED) is 0.208. The molecule has 36 heavy (non-hydrogen) atoms. The largest absolute Gasteiger partial charge is 0.490 e. The number of hydrogen-bond acceptors (Lipinski definition) is 7. The van der Waals surface area contributed by atoms with Crippen LogP contribution >= 0.6 is 50.9 Å². The van der Waals surface area contributed by atoms with Crippen LogP contribution in [0.3, 0.4) is 0 Å². The molecule has 11 heteroatoms. The summed E-state index contributed by atoms with van der Waals surface area (Å²) in [4.78, 5) is 38.3. The number of halogens is 3. The minimum Gasteiger partial charge on any atom is -0.490 e. The molecule has 0 unspecified atom stereocenters. The number of carbonyl (C=O) groups is 3. The van der Waals surface area contributed by atoms with Gasteiger partial charge in [-0.2, -0.15) is 0 Å². The van der Waals surface area contributed by atoms with Crippen LogP contribution in [-0.2, 0) is 20.9 Å². The van der Waals surface area contributed by atoms with Gasteiger partial charge in [-0.05, 0) is 89.4 Å². The average molecular weight is 617 g/mol. The molecule has 1 aliphatic heterocycles. The molecule has 1 saturated heterocycles. The molecule has 1 heterocycles. The second-order valence-electron chi connectivity index (χ2n) is 7.78. The lowest BCUT2D eigenvalue weighted by molar-refractivity contribution is -0.150. The van der Waals surface area contributed by atoms with E-state index in [1.807, 2.05) is 19.9 Å². The number of benzene rings is 2. The van der Waals surface area contributed by atoms with Crippen molar-refractivity contribution < 1.29 is 28.6 Å². The Labute approximate surface area is 232 Å². The third kappa shape index (κ3) is 7.18. The summed E-state index contributed by atoms with van der Waals surface area (Å²) in [6.45, 7) is 5.64. The molecule has 0 radical (unpaired) electrons. The summed E-state index contributed by atoms with van der Waals surface area (Å²) in [5, 5.41) is 0.357. The Morgan fingerprint density at radius 2 is 1.89 bits per heavy atom. The molecule has 0 bridgehead atoms. The van der Waals surface area contributed by atoms with Crippen molar-refractivity contribution in [2.24, 2.45) is 0 Å². The van der Waals surface area contributed by atoms with Crippen molar-refractivity contribution in [1.29, 1.82) is 0 Å². The summed E-state index contributed by atoms with van der Waals surface area (Å²) in [5.74, 6) is -0.256. The third-order valence-corrected chi connectivity index (χ3v) is 7.30. The lowest BCUT2D eigenvalue weighted by Gasteiger charge is -2.15. The molecule has 1 fully saturated rings. The summed E-state index contributed by atoms with van der Waals surface area (Å²) in [5.41, 5.74) is 1.43. The fourth-order valence-corrected chi connectivity index (χ4v) is 4.85. The van der Waals surface area contributed by atoms with Gasteiger partial charge in [0.1, 0.15) is 13.2 Å². The Balaban J connectivity index is 1.79. The molecule has 2 aromatic rings. The van der Waals surface area contributed by atoms with Crippen LogP contribution in [-0.4, -0.2) is 41.3 Å². The fraction of sp³-hybridized carbons (Fsp3) is 0.320. The molecule has 1 aliphatic rings. The van der Waals surface area contributed by atoms with Crippen LogP contribution in [0, 0.1) is 0 Å². The standard InChI is InChI=1S/C25H24BrCl2NO6S/c1-4-14(3)35-22(30)12-29-24(31)21(36-25(29)32)11-16-8-17(26)23(20(10-16)33-5-2)34-13-15-6-7-18(27)19(28)9-15/h6-11,14H,4-5,12-13H2,1-3H3/b21-11+/t14-/m1/s1. The van der Waals surface area contributed by atoms with Crippen LogP contribution < -0.4 is 9.47 Å². The van der Waals surface area contributed by atoms with Gasteiger partial charge in [0.25, 0.3) is 11.1 Å². The van der Waals surface area contributed by atoms with Crippen LogP contribution in [0.25, 0.3) is 6.08 Å². The molecular weight excluding hydrogens is 593 g/mol. The van der Waals surface area contributed by atoms with E-state index in [0.29, 0.717) is 44.6 Å². The van der Waals surface area contributed by atoms with E-state index in [2.05, 4.69) is 15.9 Å². The zero-order chi connectivity index (χ0) is 26.4. The van der Waals surface area contributed by atoms with E-state index in [1.54, 1.807) is 37.3 Å². The number of thioether (sulfide) groups is 1. The van der Waals surface area contributed by atoms with Crippen molar-refractivity contribution in [2.75, 3.05) is 13.2 Å². The Bertz CT molecular complexity index is 1210. The van der Waals surface area contributed by atoms with E-state index < -0.39 is 23.7 Å². The second kappa shape index (κ2) is 12.9. The fourth-order valence-electron chi connectivity index (χ4n) is 3.12. The van der Waals surface area contributed by atoms with E-state index in [4.69, 9.17) is 37.4 Å². The first-order valence-electron chi connectivity index (χ1n) is 11.1. The van der Waals surface area contributed by atoms with Crippen LogP contribution in [0.15, 0.2) is 39.7 Å². The highest BCUT2D eigenvalue weighted by Gasteiger charge is 2.37. The summed E-state index contributed by atoms with van der Waals surface area (Å²) < 4.78 is 17.5. The molecule has 0 aliphatic carbocycles. The van der Waals surface area contributed by atoms with Crippen molar-refractivity contribution in [3.8, 4) is 11.5 Å². The van der Waals surface area contributed by atoms with Gasteiger partial charge < -0.3 is 14.2 Å². The van der Waals surface area contributed by atoms with E-state index in [-0.39, 0.29) is 17.6 Å². The summed E-state index contributed by atoms with van der Waals surface area (Å²) in [6, 6.07) is 8.69. The third-order valence-electron chi connectivity index (χ3n) is 5.06. The molecule has 2 aromatic carbocycles. The Kier molecular flexibility index (Phi) is 10.1. The van der Waals surface area contributed by atoms with Gasteiger partial charge in [-0.15, -0.1) is 0 Å². The lowest BCUT2D eigenvalue weighted by Crippen LogP contribution is -2.35. The summed E-state index contributed by atoms with van der Waals surface area (Å²) >= 11 is 16.3. The maximum Gasteiger partial charge on any atom is 0.326 e. The molecule has 7 nitrogen and oxygen atoms in total.